The fourth-order valence-corrected chi connectivity index (χ4v) is 0.649. The molecule has 0 aliphatic heterocycles. The van der Waals surface area contributed by atoms with Crippen molar-refractivity contribution in [2.45, 2.75) is 6.42 Å². The molecule has 1 N–H and O–H groups in total. The van der Waals surface area contributed by atoms with E-state index in [0.717, 1.165) is 0 Å². The van der Waals surface area contributed by atoms with E-state index < -0.39 is 5.97 Å². The molecular formula is C7H12O3. The maximum atomic E-state index is 10.1. The van der Waals surface area contributed by atoms with Crippen molar-refractivity contribution in [2.24, 2.45) is 5.92 Å². The molecule has 0 amide bonds. The molecule has 0 aliphatic carbocycles. The Bertz CT molecular complexity index is 120. The molecule has 0 heterocycles. The lowest BCUT2D eigenvalue weighted by Crippen LogP contribution is -2.10. The van der Waals surface area contributed by atoms with Crippen LogP contribution in [-0.4, -0.2) is 24.8 Å². The Morgan fingerprint density at radius 1 is 1.90 bits per heavy atom. The van der Waals surface area contributed by atoms with Gasteiger partial charge in [-0.2, -0.15) is 0 Å². The first-order valence-corrected chi connectivity index (χ1v) is 3.04. The third kappa shape index (κ3) is 4.09. The van der Waals surface area contributed by atoms with E-state index in [9.17, 15) is 4.79 Å². The molecule has 0 saturated carbocycles. The maximum absolute atomic E-state index is 10.1. The minimum absolute atomic E-state index is 0.0671. The van der Waals surface area contributed by atoms with Crippen molar-refractivity contribution in [1.29, 1.82) is 0 Å². The van der Waals surface area contributed by atoms with Gasteiger partial charge in [0.2, 0.25) is 0 Å². The molecule has 0 aliphatic rings. The minimum atomic E-state index is -0.818. The third-order valence-corrected chi connectivity index (χ3v) is 1.15. The molecule has 0 unspecified atom stereocenters. The maximum Gasteiger partial charge on any atom is 0.304 e. The zero-order valence-corrected chi connectivity index (χ0v) is 6.04. The van der Waals surface area contributed by atoms with E-state index >= 15 is 0 Å². The highest BCUT2D eigenvalue weighted by Crippen LogP contribution is 2.03. The van der Waals surface area contributed by atoms with Gasteiger partial charge in [-0.15, -0.1) is 6.58 Å². The zero-order valence-electron chi connectivity index (χ0n) is 6.04. The summed E-state index contributed by atoms with van der Waals surface area (Å²) in [5, 5.41) is 8.34. The van der Waals surface area contributed by atoms with Gasteiger partial charge in [0.1, 0.15) is 0 Å². The molecule has 10 heavy (non-hydrogen) atoms. The van der Waals surface area contributed by atoms with Crippen molar-refractivity contribution in [2.75, 3.05) is 13.7 Å². The summed E-state index contributed by atoms with van der Waals surface area (Å²) in [4.78, 5) is 10.1. The van der Waals surface area contributed by atoms with E-state index in [1.165, 1.54) is 0 Å². The third-order valence-electron chi connectivity index (χ3n) is 1.15. The standard InChI is InChI=1S/C7H12O3/c1-3-6(5-10-2)4-7(8)9/h3,6H,1,4-5H2,2H3,(H,8,9)/t6-/m1/s1. The SMILES string of the molecule is C=C[C@@H](COC)CC(=O)O. The molecule has 0 bridgehead atoms. The Labute approximate surface area is 60.3 Å². The lowest BCUT2D eigenvalue weighted by atomic mass is 10.1. The number of rotatable bonds is 5. The Morgan fingerprint density at radius 3 is 2.80 bits per heavy atom. The fourth-order valence-electron chi connectivity index (χ4n) is 0.649. The van der Waals surface area contributed by atoms with E-state index in [2.05, 4.69) is 6.58 Å². The number of ether oxygens (including phenoxy) is 1. The first-order chi connectivity index (χ1) is 4.70. The van der Waals surface area contributed by atoms with Gasteiger partial charge in [-0.3, -0.25) is 4.79 Å². The topological polar surface area (TPSA) is 46.5 Å². The number of hydrogen-bond donors (Lipinski definition) is 1. The van der Waals surface area contributed by atoms with Gasteiger partial charge >= 0.3 is 5.97 Å². The Hall–Kier alpha value is -0.830. The van der Waals surface area contributed by atoms with Crippen LogP contribution in [0, 0.1) is 5.92 Å². The highest BCUT2D eigenvalue weighted by atomic mass is 16.5. The van der Waals surface area contributed by atoms with Crippen LogP contribution in [0.4, 0.5) is 0 Å². The molecule has 1 atom stereocenters. The van der Waals surface area contributed by atoms with Crippen LogP contribution in [0.3, 0.4) is 0 Å². The molecule has 3 nitrogen and oxygen atoms in total. The van der Waals surface area contributed by atoms with Gasteiger partial charge in [-0.05, 0) is 0 Å². The summed E-state index contributed by atoms with van der Waals surface area (Å²) >= 11 is 0. The molecule has 0 saturated heterocycles. The summed E-state index contributed by atoms with van der Waals surface area (Å²) in [7, 11) is 1.54. The van der Waals surface area contributed by atoms with Crippen LogP contribution in [0.15, 0.2) is 12.7 Å². The Morgan fingerprint density at radius 2 is 2.50 bits per heavy atom. The average molecular weight is 144 g/mol. The van der Waals surface area contributed by atoms with Gasteiger partial charge in [0.15, 0.2) is 0 Å². The Balaban J connectivity index is 3.59. The average Bonchev–Trinajstić information content (AvgIpc) is 1.86. The van der Waals surface area contributed by atoms with Crippen molar-refractivity contribution in [3.63, 3.8) is 0 Å². The van der Waals surface area contributed by atoms with Crippen molar-refractivity contribution in [1.82, 2.24) is 0 Å². The van der Waals surface area contributed by atoms with Crippen molar-refractivity contribution in [3.05, 3.63) is 12.7 Å². The van der Waals surface area contributed by atoms with Crippen LogP contribution >= 0.6 is 0 Å². The van der Waals surface area contributed by atoms with E-state index in [1.807, 2.05) is 0 Å². The van der Waals surface area contributed by atoms with Crippen LogP contribution in [0.25, 0.3) is 0 Å². The summed E-state index contributed by atoms with van der Waals surface area (Å²) < 4.78 is 4.76. The second kappa shape index (κ2) is 4.99. The van der Waals surface area contributed by atoms with Crippen molar-refractivity contribution in [3.8, 4) is 0 Å². The van der Waals surface area contributed by atoms with Crippen LogP contribution < -0.4 is 0 Å². The van der Waals surface area contributed by atoms with E-state index in [4.69, 9.17) is 9.84 Å². The first-order valence-electron chi connectivity index (χ1n) is 3.04. The minimum Gasteiger partial charge on any atom is -0.481 e. The van der Waals surface area contributed by atoms with E-state index in [0.29, 0.717) is 6.61 Å². The molecule has 0 radical (unpaired) electrons. The van der Waals surface area contributed by atoms with Gasteiger partial charge in [0.05, 0.1) is 13.0 Å². The summed E-state index contributed by atoms with van der Waals surface area (Å²) in [6, 6.07) is 0. The van der Waals surface area contributed by atoms with Gasteiger partial charge in [0.25, 0.3) is 0 Å². The Kier molecular flexibility index (Phi) is 4.58. The highest BCUT2D eigenvalue weighted by Gasteiger charge is 2.07. The number of carboxylic acids is 1. The molecule has 0 aromatic rings. The molecule has 0 rings (SSSR count). The van der Waals surface area contributed by atoms with Crippen molar-refractivity contribution >= 4 is 5.97 Å². The molecule has 58 valence electrons. The summed E-state index contributed by atoms with van der Waals surface area (Å²) in [5.41, 5.74) is 0. The predicted molar refractivity (Wildman–Crippen MR) is 37.8 cm³/mol. The molecule has 3 heteroatoms. The van der Waals surface area contributed by atoms with E-state index in [-0.39, 0.29) is 12.3 Å². The van der Waals surface area contributed by atoms with Gasteiger partial charge in [-0.25, -0.2) is 0 Å². The van der Waals surface area contributed by atoms with E-state index in [1.54, 1.807) is 13.2 Å². The monoisotopic (exact) mass is 144 g/mol. The van der Waals surface area contributed by atoms with Gasteiger partial charge in [0, 0.05) is 13.0 Å². The molecular weight excluding hydrogens is 132 g/mol. The quantitative estimate of drug-likeness (QED) is 0.583. The molecule has 0 aromatic heterocycles. The van der Waals surface area contributed by atoms with Gasteiger partial charge < -0.3 is 9.84 Å². The number of carbonyl (C=O) groups is 1. The van der Waals surface area contributed by atoms with Crippen molar-refractivity contribution < 1.29 is 14.6 Å². The lowest BCUT2D eigenvalue weighted by molar-refractivity contribution is -0.138. The largest absolute Gasteiger partial charge is 0.481 e. The lowest BCUT2D eigenvalue weighted by Gasteiger charge is -2.06. The molecule has 0 fully saturated rings. The summed E-state index contributed by atoms with van der Waals surface area (Å²) in [5.74, 6) is -0.885. The van der Waals surface area contributed by atoms with Crippen LogP contribution in [0.5, 0.6) is 0 Å². The smallest absolute Gasteiger partial charge is 0.304 e. The normalized spacial score (nSPS) is 12.5. The molecule has 0 aromatic carbocycles. The predicted octanol–water partition coefficient (Wildman–Crippen LogP) is 0.910. The second-order valence-electron chi connectivity index (χ2n) is 2.05. The number of hydrogen-bond acceptors (Lipinski definition) is 2. The van der Waals surface area contributed by atoms with Crippen LogP contribution in [0.2, 0.25) is 0 Å². The number of aliphatic carboxylic acids is 1. The zero-order chi connectivity index (χ0) is 7.98. The van der Waals surface area contributed by atoms with Gasteiger partial charge in [-0.1, -0.05) is 6.08 Å². The second-order valence-corrected chi connectivity index (χ2v) is 2.05. The van der Waals surface area contributed by atoms with Crippen LogP contribution in [-0.2, 0) is 9.53 Å². The number of methoxy groups -OCH3 is 1. The first kappa shape index (κ1) is 9.17. The summed E-state index contributed by atoms with van der Waals surface area (Å²) in [6.45, 7) is 3.92. The highest BCUT2D eigenvalue weighted by molar-refractivity contribution is 5.67. The summed E-state index contributed by atoms with van der Waals surface area (Å²) in [6.07, 6.45) is 1.69. The molecule has 0 spiro atoms. The van der Waals surface area contributed by atoms with Crippen LogP contribution in [0.1, 0.15) is 6.42 Å². The fraction of sp³-hybridized carbons (Fsp3) is 0.571. The number of carboxylic acid groups (broad SMARTS) is 1.